The Bertz CT molecular complexity index is 4070. The summed E-state index contributed by atoms with van der Waals surface area (Å²) in [6.45, 7) is 0. The van der Waals surface area contributed by atoms with E-state index in [-0.39, 0.29) is 0 Å². The van der Waals surface area contributed by atoms with Gasteiger partial charge in [0.2, 0.25) is 0 Å². The van der Waals surface area contributed by atoms with Gasteiger partial charge < -0.3 is 8.97 Å². The summed E-state index contributed by atoms with van der Waals surface area (Å²) in [7, 11) is 0. The van der Waals surface area contributed by atoms with Gasteiger partial charge in [0.05, 0.1) is 38.6 Å². The van der Waals surface area contributed by atoms with Crippen molar-refractivity contribution in [1.29, 1.82) is 0 Å². The first kappa shape index (κ1) is 31.1. The fourth-order valence-electron chi connectivity index (χ4n) is 10.4. The summed E-state index contributed by atoms with van der Waals surface area (Å²) >= 11 is 0. The predicted molar refractivity (Wildman–Crippen MR) is 246 cm³/mol. The second-order valence-corrected chi connectivity index (χ2v) is 15.8. The van der Waals surface area contributed by atoms with Crippen LogP contribution in [0.5, 0.6) is 0 Å². The zero-order chi connectivity index (χ0) is 38.3. The molecule has 0 atom stereocenters. The third-order valence-electron chi connectivity index (χ3n) is 12.8. The molecule has 0 aliphatic carbocycles. The highest BCUT2D eigenvalue weighted by Crippen LogP contribution is 2.48. The lowest BCUT2D eigenvalue weighted by atomic mass is 10.0. The van der Waals surface area contributed by atoms with Crippen molar-refractivity contribution in [3.05, 3.63) is 188 Å². The quantitative estimate of drug-likeness (QED) is 0.180. The molecule has 272 valence electrons. The van der Waals surface area contributed by atoms with Crippen molar-refractivity contribution in [1.82, 2.24) is 23.7 Å². The number of benzene rings is 9. The Morgan fingerprint density at radius 3 is 1.73 bits per heavy atom. The molecule has 0 N–H and O–H groups in total. The number of fused-ring (bicyclic) bond motifs is 15. The largest absolute Gasteiger partial charge is 0.309 e. The topological polar surface area (TPSA) is 40.0 Å². The van der Waals surface area contributed by atoms with Gasteiger partial charge in [0.1, 0.15) is 5.69 Å². The summed E-state index contributed by atoms with van der Waals surface area (Å²) in [5, 5.41) is 24.8. The summed E-state index contributed by atoms with van der Waals surface area (Å²) in [5.74, 6) is 0.822. The van der Waals surface area contributed by atoms with Gasteiger partial charge in [-0.1, -0.05) is 127 Å². The Morgan fingerprint density at radius 2 is 0.932 bits per heavy atom. The Kier molecular flexibility index (Phi) is 5.96. The van der Waals surface area contributed by atoms with E-state index >= 15 is 0 Å². The summed E-state index contributed by atoms with van der Waals surface area (Å²) in [6, 6.07) is 68.2. The molecule has 5 heteroatoms. The molecule has 14 rings (SSSR count). The molecule has 0 radical (unpaired) electrons. The molecule has 14 aromatic rings. The van der Waals surface area contributed by atoms with Crippen LogP contribution in [-0.4, -0.2) is 23.7 Å². The molecule has 5 nitrogen and oxygen atoms in total. The second kappa shape index (κ2) is 11.3. The maximum absolute atomic E-state index is 5.25. The van der Waals surface area contributed by atoms with Crippen LogP contribution < -0.4 is 0 Å². The van der Waals surface area contributed by atoms with E-state index in [0.717, 1.165) is 50.1 Å². The lowest BCUT2D eigenvalue weighted by Gasteiger charge is -2.13. The Balaban J connectivity index is 1.09. The van der Waals surface area contributed by atoms with Crippen molar-refractivity contribution >= 4 is 103 Å². The third kappa shape index (κ3) is 4.03. The minimum absolute atomic E-state index is 0.822. The van der Waals surface area contributed by atoms with E-state index in [2.05, 4.69) is 202 Å². The van der Waals surface area contributed by atoms with Crippen LogP contribution in [0.4, 0.5) is 0 Å². The fraction of sp³-hybridized carbons (Fsp3) is 0. The normalized spacial score (nSPS) is 12.4. The number of para-hydroxylation sites is 4. The number of nitrogens with zero attached hydrogens (tertiary/aromatic N) is 5. The molecule has 0 amide bonds. The van der Waals surface area contributed by atoms with Gasteiger partial charge in [0, 0.05) is 65.1 Å². The molecule has 0 bridgehead atoms. The van der Waals surface area contributed by atoms with Crippen LogP contribution in [0.15, 0.2) is 188 Å². The van der Waals surface area contributed by atoms with Gasteiger partial charge in [-0.25, -0.2) is 0 Å². The van der Waals surface area contributed by atoms with Crippen LogP contribution in [0.2, 0.25) is 0 Å². The first-order valence-corrected chi connectivity index (χ1v) is 20.2. The highest BCUT2D eigenvalue weighted by molar-refractivity contribution is 6.36. The Morgan fingerprint density at radius 1 is 0.322 bits per heavy atom. The number of hydrogen-bond acceptors (Lipinski definition) is 2. The fourth-order valence-corrected chi connectivity index (χ4v) is 10.4. The molecule has 0 aliphatic rings. The highest BCUT2D eigenvalue weighted by atomic mass is 15.2. The molecule has 0 saturated carbocycles. The van der Waals surface area contributed by atoms with E-state index < -0.39 is 0 Å². The smallest absolute Gasteiger partial charge is 0.168 e. The van der Waals surface area contributed by atoms with Gasteiger partial charge in [-0.05, 0) is 71.4 Å². The lowest BCUT2D eigenvalue weighted by Crippen LogP contribution is -2.02. The predicted octanol–water partition coefficient (Wildman–Crippen LogP) is 13.8. The SMILES string of the molecule is c1ccc(-n2c3ccccc3c3cc(-c4nnc(-n5c6cc7ccccc7cc6c6c7c8ccccc8n8c9ccccc9c(cc65)c78)c5ccccc45)ccc32)cc1. The monoisotopic (exact) mass is 749 g/mol. The average Bonchev–Trinajstić information content (AvgIpc) is 4.02. The Hall–Kier alpha value is -8.02. The highest BCUT2D eigenvalue weighted by Gasteiger charge is 2.26. The number of hydrogen-bond donors (Lipinski definition) is 0. The minimum atomic E-state index is 0.822. The van der Waals surface area contributed by atoms with Crippen molar-refractivity contribution in [2.24, 2.45) is 0 Å². The first-order chi connectivity index (χ1) is 29.3. The molecule has 0 spiro atoms. The maximum Gasteiger partial charge on any atom is 0.168 e. The van der Waals surface area contributed by atoms with Crippen LogP contribution in [0.1, 0.15) is 0 Å². The molecule has 5 heterocycles. The van der Waals surface area contributed by atoms with Gasteiger partial charge in [-0.3, -0.25) is 4.57 Å². The van der Waals surface area contributed by atoms with Gasteiger partial charge in [-0.2, -0.15) is 0 Å². The molecule has 59 heavy (non-hydrogen) atoms. The van der Waals surface area contributed by atoms with Crippen molar-refractivity contribution < 1.29 is 0 Å². The number of aromatic nitrogens is 5. The van der Waals surface area contributed by atoms with Crippen LogP contribution in [0.3, 0.4) is 0 Å². The van der Waals surface area contributed by atoms with E-state index in [9.17, 15) is 0 Å². The molecular weight excluding hydrogens is 719 g/mol. The molecule has 0 aliphatic heterocycles. The van der Waals surface area contributed by atoms with E-state index in [1.807, 2.05) is 0 Å². The van der Waals surface area contributed by atoms with Crippen molar-refractivity contribution in [3.63, 3.8) is 0 Å². The van der Waals surface area contributed by atoms with Crippen LogP contribution in [0.25, 0.3) is 126 Å². The lowest BCUT2D eigenvalue weighted by molar-refractivity contribution is 0.977. The zero-order valence-corrected chi connectivity index (χ0v) is 31.6. The van der Waals surface area contributed by atoms with Crippen LogP contribution in [-0.2, 0) is 0 Å². The molecule has 0 unspecified atom stereocenters. The van der Waals surface area contributed by atoms with Gasteiger partial charge in [-0.15, -0.1) is 10.2 Å². The van der Waals surface area contributed by atoms with E-state index in [4.69, 9.17) is 10.2 Å². The molecule has 5 aromatic heterocycles. The summed E-state index contributed by atoms with van der Waals surface area (Å²) < 4.78 is 7.21. The standard InChI is InChI=1S/C54H31N5/c1-2-16-35(17-3-1)57-44-23-11-8-18-36(44)41-29-34(26-27-47(41)57)52-38-20-6-7-21-39(38)54(56-55-52)59-48-30-33-15-5-4-14-32(33)28-43(48)50-49(59)31-42-37-19-9-12-24-45(37)58-46-25-13-10-22-40(46)51(50)53(42)58/h1-31H. The molecule has 0 saturated heterocycles. The van der Waals surface area contributed by atoms with Gasteiger partial charge >= 0.3 is 0 Å². The summed E-state index contributed by atoms with van der Waals surface area (Å²) in [6.07, 6.45) is 0. The molecular formula is C54H31N5. The maximum atomic E-state index is 5.25. The van der Waals surface area contributed by atoms with Crippen molar-refractivity contribution in [2.45, 2.75) is 0 Å². The molecule has 0 fully saturated rings. The molecule has 9 aromatic carbocycles. The van der Waals surface area contributed by atoms with Crippen LogP contribution >= 0.6 is 0 Å². The van der Waals surface area contributed by atoms with Gasteiger partial charge in [0.15, 0.2) is 5.82 Å². The first-order valence-electron chi connectivity index (χ1n) is 20.2. The number of rotatable bonds is 3. The van der Waals surface area contributed by atoms with Crippen LogP contribution in [0, 0.1) is 0 Å². The van der Waals surface area contributed by atoms with E-state index in [1.165, 1.54) is 75.9 Å². The Labute approximate surface area is 336 Å². The average molecular weight is 750 g/mol. The third-order valence-corrected chi connectivity index (χ3v) is 12.8. The van der Waals surface area contributed by atoms with E-state index in [1.54, 1.807) is 0 Å². The van der Waals surface area contributed by atoms with Crippen molar-refractivity contribution in [2.75, 3.05) is 0 Å². The van der Waals surface area contributed by atoms with Crippen molar-refractivity contribution in [3.8, 4) is 22.8 Å². The summed E-state index contributed by atoms with van der Waals surface area (Å²) in [5.41, 5.74) is 11.3. The second-order valence-electron chi connectivity index (χ2n) is 15.8. The summed E-state index contributed by atoms with van der Waals surface area (Å²) in [4.78, 5) is 0. The van der Waals surface area contributed by atoms with E-state index in [0.29, 0.717) is 0 Å². The zero-order valence-electron chi connectivity index (χ0n) is 31.6. The van der Waals surface area contributed by atoms with Gasteiger partial charge in [0.25, 0.3) is 0 Å². The minimum Gasteiger partial charge on any atom is -0.309 e.